The monoisotopic (exact) mass is 457 g/mol. The van der Waals surface area contributed by atoms with Gasteiger partial charge in [-0.15, -0.1) is 0 Å². The second-order valence-corrected chi connectivity index (χ2v) is 7.83. The van der Waals surface area contributed by atoms with Gasteiger partial charge in [-0.1, -0.05) is 5.92 Å². The number of hydrogen-bond donors (Lipinski definition) is 1. The predicted molar refractivity (Wildman–Crippen MR) is 114 cm³/mol. The summed E-state index contributed by atoms with van der Waals surface area (Å²) in [5.74, 6) is 5.76. The second-order valence-electron chi connectivity index (χ2n) is 7.83. The number of nitrogens with zero attached hydrogens (tertiary/aromatic N) is 3. The standard InChI is InChI=1S/C24H22F3N3O3/c1-14-8-22-19(13-33-14)21(7-4-16-9-17(15(2)31)12-28-11-16)29-30(22)18-5-6-20(24(25,26)27)23(10-18)32-3/h5-6,9-12,14-15,31H,8,13H2,1-3H3/t14-,15?/m0/s1. The van der Waals surface area contributed by atoms with Gasteiger partial charge in [0.2, 0.25) is 0 Å². The molecule has 2 atom stereocenters. The largest absolute Gasteiger partial charge is 0.496 e. The van der Waals surface area contributed by atoms with Gasteiger partial charge in [-0.25, -0.2) is 4.68 Å². The molecule has 3 heterocycles. The quantitative estimate of drug-likeness (QED) is 0.597. The Hall–Kier alpha value is -3.35. The van der Waals surface area contributed by atoms with Crippen molar-refractivity contribution in [2.75, 3.05) is 7.11 Å². The normalized spacial score (nSPS) is 16.5. The van der Waals surface area contributed by atoms with Crippen LogP contribution in [0, 0.1) is 11.8 Å². The number of aliphatic hydroxyl groups is 1. The molecule has 0 aliphatic carbocycles. The fourth-order valence-electron chi connectivity index (χ4n) is 3.65. The summed E-state index contributed by atoms with van der Waals surface area (Å²) in [5.41, 5.74) is 2.93. The SMILES string of the molecule is COc1cc(-n2nc(C#Cc3cncc(C(C)O)c3)c3c2C[C@H](C)OC3)ccc1C(F)(F)F. The van der Waals surface area contributed by atoms with Crippen LogP contribution in [0.3, 0.4) is 0 Å². The van der Waals surface area contributed by atoms with E-state index in [1.807, 2.05) is 6.92 Å². The number of aromatic nitrogens is 3. The molecule has 0 radical (unpaired) electrons. The third-order valence-electron chi connectivity index (χ3n) is 5.38. The van der Waals surface area contributed by atoms with E-state index in [-0.39, 0.29) is 11.9 Å². The summed E-state index contributed by atoms with van der Waals surface area (Å²) in [5, 5.41) is 14.4. The molecule has 3 aromatic rings. The number of fused-ring (bicyclic) bond motifs is 1. The van der Waals surface area contributed by atoms with Gasteiger partial charge in [-0.05, 0) is 43.5 Å². The molecule has 0 saturated heterocycles. The number of methoxy groups -OCH3 is 1. The first-order chi connectivity index (χ1) is 15.7. The number of halogens is 3. The molecule has 2 aromatic heterocycles. The summed E-state index contributed by atoms with van der Waals surface area (Å²) in [6.45, 7) is 3.86. The molecule has 6 nitrogen and oxygen atoms in total. The van der Waals surface area contributed by atoms with E-state index in [9.17, 15) is 18.3 Å². The van der Waals surface area contributed by atoms with Crippen molar-refractivity contribution in [3.05, 3.63) is 70.3 Å². The first-order valence-electron chi connectivity index (χ1n) is 10.3. The van der Waals surface area contributed by atoms with Gasteiger partial charge in [-0.3, -0.25) is 4.98 Å². The van der Waals surface area contributed by atoms with E-state index in [1.165, 1.54) is 19.2 Å². The smallest absolute Gasteiger partial charge is 0.419 e. The Morgan fingerprint density at radius 1 is 1.24 bits per heavy atom. The van der Waals surface area contributed by atoms with Crippen LogP contribution in [0.25, 0.3) is 5.69 Å². The molecule has 0 bridgehead atoms. The van der Waals surface area contributed by atoms with E-state index in [2.05, 4.69) is 21.9 Å². The van der Waals surface area contributed by atoms with Crippen LogP contribution in [0.4, 0.5) is 13.2 Å². The predicted octanol–water partition coefficient (Wildman–Crippen LogP) is 4.21. The number of hydrogen-bond acceptors (Lipinski definition) is 5. The van der Waals surface area contributed by atoms with Crippen molar-refractivity contribution < 1.29 is 27.8 Å². The topological polar surface area (TPSA) is 69.4 Å². The Morgan fingerprint density at radius 2 is 2.03 bits per heavy atom. The fourth-order valence-corrected chi connectivity index (χ4v) is 3.65. The lowest BCUT2D eigenvalue weighted by Gasteiger charge is -2.21. The number of pyridine rings is 1. The first kappa shape index (κ1) is 22.8. The summed E-state index contributed by atoms with van der Waals surface area (Å²) in [6, 6.07) is 5.42. The second kappa shape index (κ2) is 8.89. The molecule has 1 aliphatic rings. The van der Waals surface area contributed by atoms with Crippen molar-refractivity contribution in [2.24, 2.45) is 0 Å². The van der Waals surface area contributed by atoms with E-state index in [0.29, 0.717) is 35.5 Å². The molecule has 0 amide bonds. The van der Waals surface area contributed by atoms with Crippen molar-refractivity contribution >= 4 is 0 Å². The van der Waals surface area contributed by atoms with E-state index in [4.69, 9.17) is 9.47 Å². The number of ether oxygens (including phenoxy) is 2. The highest BCUT2D eigenvalue weighted by Crippen LogP contribution is 2.37. The average Bonchev–Trinajstić information content (AvgIpc) is 3.14. The minimum Gasteiger partial charge on any atom is -0.496 e. The molecule has 4 rings (SSSR count). The average molecular weight is 457 g/mol. The zero-order valence-electron chi connectivity index (χ0n) is 18.3. The lowest BCUT2D eigenvalue weighted by Crippen LogP contribution is -2.21. The lowest BCUT2D eigenvalue weighted by atomic mass is 10.0. The fraction of sp³-hybridized carbons (Fsp3) is 0.333. The van der Waals surface area contributed by atoms with Crippen LogP contribution in [0.15, 0.2) is 36.7 Å². The highest BCUT2D eigenvalue weighted by atomic mass is 19.4. The number of alkyl halides is 3. The Balaban J connectivity index is 1.79. The molecule has 1 N–H and O–H groups in total. The van der Waals surface area contributed by atoms with Crippen LogP contribution in [0.2, 0.25) is 0 Å². The number of rotatable bonds is 3. The minimum atomic E-state index is -4.53. The van der Waals surface area contributed by atoms with Crippen LogP contribution < -0.4 is 4.74 Å². The summed E-state index contributed by atoms with van der Waals surface area (Å²) in [4.78, 5) is 4.10. The van der Waals surface area contributed by atoms with Gasteiger partial charge < -0.3 is 14.6 Å². The zero-order valence-corrected chi connectivity index (χ0v) is 18.3. The van der Waals surface area contributed by atoms with Gasteiger partial charge in [0.1, 0.15) is 11.4 Å². The first-order valence-corrected chi connectivity index (χ1v) is 10.3. The molecular formula is C24H22F3N3O3. The van der Waals surface area contributed by atoms with Gasteiger partial charge in [0.25, 0.3) is 0 Å². The Bertz CT molecular complexity index is 1240. The summed E-state index contributed by atoms with van der Waals surface area (Å²) >= 11 is 0. The maximum Gasteiger partial charge on any atom is 0.419 e. The maximum atomic E-state index is 13.3. The van der Waals surface area contributed by atoms with Crippen molar-refractivity contribution in [3.63, 3.8) is 0 Å². The van der Waals surface area contributed by atoms with E-state index >= 15 is 0 Å². The molecule has 172 valence electrons. The summed E-state index contributed by atoms with van der Waals surface area (Å²) < 4.78 is 52.2. The van der Waals surface area contributed by atoms with E-state index in [0.717, 1.165) is 17.3 Å². The van der Waals surface area contributed by atoms with Crippen LogP contribution >= 0.6 is 0 Å². The highest BCUT2D eigenvalue weighted by molar-refractivity contribution is 5.51. The van der Waals surface area contributed by atoms with Crippen molar-refractivity contribution in [2.45, 2.75) is 45.3 Å². The Morgan fingerprint density at radius 3 is 2.73 bits per heavy atom. The highest BCUT2D eigenvalue weighted by Gasteiger charge is 2.35. The van der Waals surface area contributed by atoms with Crippen molar-refractivity contribution in [1.82, 2.24) is 14.8 Å². The van der Waals surface area contributed by atoms with Gasteiger partial charge in [0, 0.05) is 36.0 Å². The molecule has 9 heteroatoms. The number of benzene rings is 1. The van der Waals surface area contributed by atoms with Crippen LogP contribution in [-0.4, -0.2) is 33.1 Å². The van der Waals surface area contributed by atoms with Crippen molar-refractivity contribution in [3.8, 4) is 23.3 Å². The Labute approximate surface area is 189 Å². The van der Waals surface area contributed by atoms with Gasteiger partial charge in [-0.2, -0.15) is 18.3 Å². The van der Waals surface area contributed by atoms with E-state index < -0.39 is 17.8 Å². The molecule has 1 aliphatic heterocycles. The summed E-state index contributed by atoms with van der Waals surface area (Å²) in [7, 11) is 1.20. The molecule has 33 heavy (non-hydrogen) atoms. The van der Waals surface area contributed by atoms with Gasteiger partial charge >= 0.3 is 6.18 Å². The summed E-state index contributed by atoms with van der Waals surface area (Å²) in [6.07, 6.45) is -1.58. The molecule has 0 spiro atoms. The lowest BCUT2D eigenvalue weighted by molar-refractivity contribution is -0.138. The third kappa shape index (κ3) is 4.72. The molecule has 1 unspecified atom stereocenters. The number of aliphatic hydroxyl groups excluding tert-OH is 1. The van der Waals surface area contributed by atoms with Crippen molar-refractivity contribution in [1.29, 1.82) is 0 Å². The van der Waals surface area contributed by atoms with Gasteiger partial charge in [0.15, 0.2) is 0 Å². The maximum absolute atomic E-state index is 13.3. The molecule has 1 aromatic carbocycles. The zero-order chi connectivity index (χ0) is 23.8. The Kier molecular flexibility index (Phi) is 6.15. The van der Waals surface area contributed by atoms with Gasteiger partial charge in [0.05, 0.1) is 42.9 Å². The minimum absolute atomic E-state index is 0.0722. The van der Waals surface area contributed by atoms with E-state index in [1.54, 1.807) is 30.1 Å². The van der Waals surface area contributed by atoms with Crippen LogP contribution in [0.1, 0.15) is 53.6 Å². The molecule has 0 fully saturated rings. The van der Waals surface area contributed by atoms with Crippen LogP contribution in [-0.2, 0) is 23.9 Å². The third-order valence-corrected chi connectivity index (χ3v) is 5.38. The molecular weight excluding hydrogens is 435 g/mol. The molecule has 0 saturated carbocycles. The van der Waals surface area contributed by atoms with Crippen LogP contribution in [0.5, 0.6) is 5.75 Å².